The Morgan fingerprint density at radius 3 is 2.48 bits per heavy atom. The first-order valence-electron chi connectivity index (χ1n) is 7.80. The number of ether oxygens (including phenoxy) is 2. The number of nitrogens with one attached hydrogen (secondary N) is 2. The standard InChI is InChI=1S/C19H19N3O3/c1-24-16-8-3-13(11-17(16)25-2)12-18(23)22-15-6-4-14(5-7-15)19-20-9-10-21-19/h3-11H,12H2,1-2H3,(H,20,21)(H,22,23). The number of anilines is 1. The molecule has 0 aliphatic rings. The zero-order chi connectivity index (χ0) is 17.6. The first kappa shape index (κ1) is 16.6. The van der Waals surface area contributed by atoms with Crippen molar-refractivity contribution in [3.63, 3.8) is 0 Å². The molecule has 1 amide bonds. The zero-order valence-electron chi connectivity index (χ0n) is 14.1. The normalized spacial score (nSPS) is 10.3. The fourth-order valence-electron chi connectivity index (χ4n) is 2.52. The fourth-order valence-corrected chi connectivity index (χ4v) is 2.52. The van der Waals surface area contributed by atoms with E-state index in [0.717, 1.165) is 22.6 Å². The Labute approximate surface area is 145 Å². The van der Waals surface area contributed by atoms with Gasteiger partial charge in [-0.25, -0.2) is 4.98 Å². The number of aromatic nitrogens is 2. The number of imidazole rings is 1. The van der Waals surface area contributed by atoms with E-state index < -0.39 is 0 Å². The number of carbonyl (C=O) groups is 1. The molecule has 2 N–H and O–H groups in total. The lowest BCUT2D eigenvalue weighted by Crippen LogP contribution is -2.14. The Hall–Kier alpha value is -3.28. The number of amides is 1. The van der Waals surface area contributed by atoms with Crippen LogP contribution in [0.25, 0.3) is 11.4 Å². The highest BCUT2D eigenvalue weighted by molar-refractivity contribution is 5.92. The van der Waals surface area contributed by atoms with E-state index in [1.165, 1.54) is 0 Å². The van der Waals surface area contributed by atoms with Gasteiger partial charge in [-0.2, -0.15) is 0 Å². The maximum atomic E-state index is 12.2. The largest absolute Gasteiger partial charge is 0.493 e. The molecule has 25 heavy (non-hydrogen) atoms. The molecular weight excluding hydrogens is 318 g/mol. The van der Waals surface area contributed by atoms with Crippen LogP contribution >= 0.6 is 0 Å². The number of rotatable bonds is 6. The smallest absolute Gasteiger partial charge is 0.228 e. The molecule has 128 valence electrons. The summed E-state index contributed by atoms with van der Waals surface area (Å²) < 4.78 is 10.5. The van der Waals surface area contributed by atoms with E-state index in [4.69, 9.17) is 9.47 Å². The summed E-state index contributed by atoms with van der Waals surface area (Å²) in [6, 6.07) is 13.0. The summed E-state index contributed by atoms with van der Waals surface area (Å²) in [5, 5.41) is 2.89. The Bertz CT molecular complexity index is 843. The summed E-state index contributed by atoms with van der Waals surface area (Å²) in [5.41, 5.74) is 2.55. The number of H-pyrrole nitrogens is 1. The van der Waals surface area contributed by atoms with Crippen molar-refractivity contribution < 1.29 is 14.3 Å². The molecule has 2 aromatic carbocycles. The zero-order valence-corrected chi connectivity index (χ0v) is 14.1. The average molecular weight is 337 g/mol. The average Bonchev–Trinajstić information content (AvgIpc) is 3.17. The van der Waals surface area contributed by atoms with E-state index in [1.54, 1.807) is 38.7 Å². The SMILES string of the molecule is COc1ccc(CC(=O)Nc2ccc(-c3ncc[nH]3)cc2)cc1OC. The van der Waals surface area contributed by atoms with Crippen LogP contribution in [0.4, 0.5) is 5.69 Å². The summed E-state index contributed by atoms with van der Waals surface area (Å²) >= 11 is 0. The van der Waals surface area contributed by atoms with Crippen LogP contribution in [-0.4, -0.2) is 30.1 Å². The van der Waals surface area contributed by atoms with Gasteiger partial charge >= 0.3 is 0 Å². The Morgan fingerprint density at radius 1 is 1.08 bits per heavy atom. The molecule has 0 unspecified atom stereocenters. The van der Waals surface area contributed by atoms with Gasteiger partial charge in [0.2, 0.25) is 5.91 Å². The topological polar surface area (TPSA) is 76.2 Å². The number of hydrogen-bond acceptors (Lipinski definition) is 4. The lowest BCUT2D eigenvalue weighted by Gasteiger charge is -2.10. The first-order chi connectivity index (χ1) is 12.2. The van der Waals surface area contributed by atoms with Crippen LogP contribution in [0.1, 0.15) is 5.56 Å². The van der Waals surface area contributed by atoms with Crippen LogP contribution in [0, 0.1) is 0 Å². The van der Waals surface area contributed by atoms with Crippen LogP contribution in [-0.2, 0) is 11.2 Å². The van der Waals surface area contributed by atoms with Crippen LogP contribution in [0.5, 0.6) is 11.5 Å². The maximum Gasteiger partial charge on any atom is 0.228 e. The summed E-state index contributed by atoms with van der Waals surface area (Å²) in [4.78, 5) is 19.5. The van der Waals surface area contributed by atoms with Gasteiger partial charge in [-0.3, -0.25) is 4.79 Å². The van der Waals surface area contributed by atoms with Gasteiger partial charge < -0.3 is 19.8 Å². The van der Waals surface area contributed by atoms with Gasteiger partial charge in [-0.15, -0.1) is 0 Å². The van der Waals surface area contributed by atoms with Crippen molar-refractivity contribution in [2.75, 3.05) is 19.5 Å². The van der Waals surface area contributed by atoms with E-state index in [-0.39, 0.29) is 12.3 Å². The van der Waals surface area contributed by atoms with Gasteiger partial charge in [-0.1, -0.05) is 6.07 Å². The van der Waals surface area contributed by atoms with Gasteiger partial charge in [0.25, 0.3) is 0 Å². The molecule has 0 saturated heterocycles. The predicted molar refractivity (Wildman–Crippen MR) is 95.9 cm³/mol. The molecule has 0 saturated carbocycles. The van der Waals surface area contributed by atoms with E-state index in [0.29, 0.717) is 11.5 Å². The third-order valence-electron chi connectivity index (χ3n) is 3.75. The minimum Gasteiger partial charge on any atom is -0.493 e. The van der Waals surface area contributed by atoms with Crippen molar-refractivity contribution in [3.8, 4) is 22.9 Å². The molecule has 0 aliphatic heterocycles. The first-order valence-corrected chi connectivity index (χ1v) is 7.80. The molecule has 0 atom stereocenters. The molecule has 0 bridgehead atoms. The summed E-state index contributed by atoms with van der Waals surface area (Å²) in [7, 11) is 3.15. The lowest BCUT2D eigenvalue weighted by atomic mass is 10.1. The molecule has 3 aromatic rings. The molecule has 0 radical (unpaired) electrons. The second-order valence-corrected chi connectivity index (χ2v) is 5.43. The number of aromatic amines is 1. The second kappa shape index (κ2) is 7.53. The molecule has 0 aliphatic carbocycles. The number of carbonyl (C=O) groups excluding carboxylic acids is 1. The number of nitrogens with zero attached hydrogens (tertiary/aromatic N) is 1. The number of hydrogen-bond donors (Lipinski definition) is 2. The van der Waals surface area contributed by atoms with Crippen molar-refractivity contribution >= 4 is 11.6 Å². The molecule has 0 fully saturated rings. The van der Waals surface area contributed by atoms with Gasteiger partial charge in [0, 0.05) is 23.6 Å². The van der Waals surface area contributed by atoms with Gasteiger partial charge in [-0.05, 0) is 42.0 Å². The third-order valence-corrected chi connectivity index (χ3v) is 3.75. The molecule has 1 aromatic heterocycles. The summed E-state index contributed by atoms with van der Waals surface area (Å²) in [5.74, 6) is 1.94. The molecule has 3 rings (SSSR count). The van der Waals surface area contributed by atoms with E-state index in [2.05, 4.69) is 15.3 Å². The second-order valence-electron chi connectivity index (χ2n) is 5.43. The molecule has 1 heterocycles. The van der Waals surface area contributed by atoms with Crippen molar-refractivity contribution in [3.05, 3.63) is 60.4 Å². The van der Waals surface area contributed by atoms with Crippen LogP contribution < -0.4 is 14.8 Å². The highest BCUT2D eigenvalue weighted by atomic mass is 16.5. The fraction of sp³-hybridized carbons (Fsp3) is 0.158. The number of methoxy groups -OCH3 is 2. The van der Waals surface area contributed by atoms with E-state index in [9.17, 15) is 4.79 Å². The van der Waals surface area contributed by atoms with Crippen molar-refractivity contribution in [2.24, 2.45) is 0 Å². The monoisotopic (exact) mass is 337 g/mol. The minimum atomic E-state index is -0.0991. The van der Waals surface area contributed by atoms with Crippen LogP contribution in [0.15, 0.2) is 54.9 Å². The van der Waals surface area contributed by atoms with Gasteiger partial charge in [0.05, 0.1) is 20.6 Å². The maximum absolute atomic E-state index is 12.2. The Balaban J connectivity index is 1.64. The van der Waals surface area contributed by atoms with E-state index in [1.807, 2.05) is 30.3 Å². The van der Waals surface area contributed by atoms with Gasteiger partial charge in [0.15, 0.2) is 11.5 Å². The predicted octanol–water partition coefficient (Wildman–Crippen LogP) is 3.28. The molecule has 6 nitrogen and oxygen atoms in total. The third kappa shape index (κ3) is 3.98. The van der Waals surface area contributed by atoms with Gasteiger partial charge in [0.1, 0.15) is 5.82 Å². The highest BCUT2D eigenvalue weighted by Gasteiger charge is 2.09. The minimum absolute atomic E-state index is 0.0991. The molecular formula is C19H19N3O3. The summed E-state index contributed by atoms with van der Waals surface area (Å²) in [6.07, 6.45) is 3.72. The highest BCUT2D eigenvalue weighted by Crippen LogP contribution is 2.27. The van der Waals surface area contributed by atoms with Crippen molar-refractivity contribution in [2.45, 2.75) is 6.42 Å². The lowest BCUT2D eigenvalue weighted by molar-refractivity contribution is -0.115. The quantitative estimate of drug-likeness (QED) is 0.724. The van der Waals surface area contributed by atoms with Crippen molar-refractivity contribution in [1.29, 1.82) is 0 Å². The Kier molecular flexibility index (Phi) is 4.99. The molecule has 0 spiro atoms. The van der Waals surface area contributed by atoms with Crippen molar-refractivity contribution in [1.82, 2.24) is 9.97 Å². The summed E-state index contributed by atoms with van der Waals surface area (Å²) in [6.45, 7) is 0. The molecule has 6 heteroatoms. The Morgan fingerprint density at radius 2 is 1.84 bits per heavy atom. The van der Waals surface area contributed by atoms with Crippen LogP contribution in [0.2, 0.25) is 0 Å². The van der Waals surface area contributed by atoms with E-state index >= 15 is 0 Å². The number of benzene rings is 2. The van der Waals surface area contributed by atoms with Crippen LogP contribution in [0.3, 0.4) is 0 Å².